The van der Waals surface area contributed by atoms with Crippen molar-refractivity contribution in [2.75, 3.05) is 6.26 Å². The maximum atomic E-state index is 11.8. The number of amides is 1. The Hall–Kier alpha value is -0.220. The van der Waals surface area contributed by atoms with Gasteiger partial charge in [-0.3, -0.25) is 4.79 Å². The normalized spacial score (nSPS) is 26.9. The molecule has 1 aliphatic carbocycles. The van der Waals surface area contributed by atoms with Crippen LogP contribution in [0.2, 0.25) is 0 Å². The summed E-state index contributed by atoms with van der Waals surface area (Å²) in [4.78, 5) is 11.8. The summed E-state index contributed by atoms with van der Waals surface area (Å²) < 4.78 is 0. The number of hydrogen-bond acceptors (Lipinski definition) is 3. The molecule has 100 valence electrons. The Morgan fingerprint density at radius 3 is 2.47 bits per heavy atom. The number of carbonyl (C=O) groups is 1. The molecule has 0 aromatic carbocycles. The highest BCUT2D eigenvalue weighted by Gasteiger charge is 2.27. The Morgan fingerprint density at radius 1 is 1.24 bits per heavy atom. The third-order valence-electron chi connectivity index (χ3n) is 3.29. The molecule has 1 fully saturated rings. The zero-order valence-electron chi connectivity index (χ0n) is 11.5. The molecule has 1 rings (SSSR count). The largest absolute Gasteiger partial charge is 0.353 e. The van der Waals surface area contributed by atoms with Gasteiger partial charge in [0.15, 0.2) is 0 Å². The Labute approximate surface area is 109 Å². The molecular weight excluding hydrogens is 232 g/mol. The molecule has 0 aliphatic heterocycles. The Bertz CT molecular complexity index is 246. The van der Waals surface area contributed by atoms with Crippen LogP contribution in [0.5, 0.6) is 0 Å². The van der Waals surface area contributed by atoms with E-state index in [-0.39, 0.29) is 18.0 Å². The molecule has 1 aliphatic rings. The quantitative estimate of drug-likeness (QED) is 0.794. The van der Waals surface area contributed by atoms with Gasteiger partial charge < -0.3 is 10.6 Å². The van der Waals surface area contributed by atoms with Gasteiger partial charge in [0.2, 0.25) is 5.91 Å². The average Bonchev–Trinajstić information content (AvgIpc) is 2.28. The summed E-state index contributed by atoms with van der Waals surface area (Å²) in [7, 11) is 0. The number of carbonyl (C=O) groups excluding carboxylic acids is 1. The molecule has 0 aromatic heterocycles. The molecule has 1 amide bonds. The Kier molecular flexibility index (Phi) is 6.34. The van der Waals surface area contributed by atoms with Gasteiger partial charge in [-0.05, 0) is 39.9 Å². The summed E-state index contributed by atoms with van der Waals surface area (Å²) in [5.41, 5.74) is 0. The van der Waals surface area contributed by atoms with Crippen LogP contribution in [0.15, 0.2) is 0 Å². The van der Waals surface area contributed by atoms with Gasteiger partial charge in [0.25, 0.3) is 0 Å². The van der Waals surface area contributed by atoms with Crippen molar-refractivity contribution in [1.29, 1.82) is 0 Å². The summed E-state index contributed by atoms with van der Waals surface area (Å²) in [5.74, 6) is 0.116. The molecule has 0 saturated heterocycles. The van der Waals surface area contributed by atoms with Crippen LogP contribution in [0.1, 0.15) is 46.5 Å². The lowest BCUT2D eigenvalue weighted by Gasteiger charge is -2.33. The Morgan fingerprint density at radius 2 is 1.88 bits per heavy atom. The minimum Gasteiger partial charge on any atom is -0.353 e. The van der Waals surface area contributed by atoms with Crippen molar-refractivity contribution in [2.45, 2.75) is 69.8 Å². The highest BCUT2D eigenvalue weighted by molar-refractivity contribution is 7.99. The molecule has 1 saturated carbocycles. The number of rotatable bonds is 5. The van der Waals surface area contributed by atoms with Crippen molar-refractivity contribution in [3.8, 4) is 0 Å². The summed E-state index contributed by atoms with van der Waals surface area (Å²) in [6, 6.07) is 0.622. The van der Waals surface area contributed by atoms with E-state index in [9.17, 15) is 4.79 Å². The fourth-order valence-electron chi connectivity index (χ4n) is 2.38. The fraction of sp³-hybridized carbons (Fsp3) is 0.923. The van der Waals surface area contributed by atoms with Crippen molar-refractivity contribution in [3.05, 3.63) is 0 Å². The topological polar surface area (TPSA) is 41.1 Å². The lowest BCUT2D eigenvalue weighted by atomic mass is 9.94. The van der Waals surface area contributed by atoms with E-state index in [0.717, 1.165) is 0 Å². The molecule has 0 spiro atoms. The zero-order chi connectivity index (χ0) is 12.8. The molecule has 0 heterocycles. The average molecular weight is 258 g/mol. The van der Waals surface area contributed by atoms with E-state index in [2.05, 4.69) is 16.9 Å². The van der Waals surface area contributed by atoms with Crippen LogP contribution in [-0.2, 0) is 4.79 Å². The van der Waals surface area contributed by atoms with Gasteiger partial charge >= 0.3 is 0 Å². The van der Waals surface area contributed by atoms with Crippen LogP contribution in [0.4, 0.5) is 0 Å². The standard InChI is InChI=1S/C13H26N2OS/c1-9(2)14-13(16)10(3)15-11-7-5-6-8-12(11)17-4/h9-12,15H,5-8H2,1-4H3,(H,14,16). The van der Waals surface area contributed by atoms with Crippen LogP contribution in [-0.4, -0.2) is 35.5 Å². The van der Waals surface area contributed by atoms with Crippen molar-refractivity contribution in [1.82, 2.24) is 10.6 Å². The van der Waals surface area contributed by atoms with Gasteiger partial charge in [-0.1, -0.05) is 12.8 Å². The maximum absolute atomic E-state index is 11.8. The van der Waals surface area contributed by atoms with Crippen molar-refractivity contribution >= 4 is 17.7 Å². The second kappa shape index (κ2) is 7.27. The number of thioether (sulfide) groups is 1. The Balaban J connectivity index is 2.42. The number of nitrogens with one attached hydrogen (secondary N) is 2. The molecular formula is C13H26N2OS. The fourth-order valence-corrected chi connectivity index (χ4v) is 3.32. The molecule has 4 heteroatoms. The van der Waals surface area contributed by atoms with E-state index in [4.69, 9.17) is 0 Å². The predicted octanol–water partition coefficient (Wildman–Crippen LogP) is 2.16. The van der Waals surface area contributed by atoms with Crippen LogP contribution < -0.4 is 10.6 Å². The highest BCUT2D eigenvalue weighted by atomic mass is 32.2. The summed E-state index contributed by atoms with van der Waals surface area (Å²) in [6.45, 7) is 5.95. The molecule has 3 unspecified atom stereocenters. The molecule has 3 nitrogen and oxygen atoms in total. The van der Waals surface area contributed by atoms with E-state index in [1.165, 1.54) is 25.7 Å². The first-order valence-electron chi connectivity index (χ1n) is 6.63. The lowest BCUT2D eigenvalue weighted by Crippen LogP contribution is -2.51. The first-order chi connectivity index (χ1) is 8.04. The smallest absolute Gasteiger partial charge is 0.237 e. The van der Waals surface area contributed by atoms with Gasteiger partial charge in [-0.25, -0.2) is 0 Å². The molecule has 0 aromatic rings. The minimum absolute atomic E-state index is 0.0878. The lowest BCUT2D eigenvalue weighted by molar-refractivity contribution is -0.123. The second-order valence-corrected chi connectivity index (χ2v) is 6.29. The van der Waals surface area contributed by atoms with Crippen molar-refractivity contribution in [2.24, 2.45) is 0 Å². The van der Waals surface area contributed by atoms with Crippen LogP contribution in [0.25, 0.3) is 0 Å². The number of hydrogen-bond donors (Lipinski definition) is 2. The van der Waals surface area contributed by atoms with E-state index in [1.807, 2.05) is 32.5 Å². The van der Waals surface area contributed by atoms with Gasteiger partial charge in [-0.2, -0.15) is 11.8 Å². The van der Waals surface area contributed by atoms with Crippen LogP contribution in [0, 0.1) is 0 Å². The molecule has 17 heavy (non-hydrogen) atoms. The van der Waals surface area contributed by atoms with Crippen LogP contribution in [0.3, 0.4) is 0 Å². The molecule has 0 radical (unpaired) electrons. The van der Waals surface area contributed by atoms with Crippen molar-refractivity contribution in [3.63, 3.8) is 0 Å². The zero-order valence-corrected chi connectivity index (χ0v) is 12.3. The van der Waals surface area contributed by atoms with Gasteiger partial charge in [-0.15, -0.1) is 0 Å². The first-order valence-corrected chi connectivity index (χ1v) is 7.92. The van der Waals surface area contributed by atoms with Gasteiger partial charge in [0.05, 0.1) is 6.04 Å². The van der Waals surface area contributed by atoms with Crippen LogP contribution >= 0.6 is 11.8 Å². The van der Waals surface area contributed by atoms with E-state index in [1.54, 1.807) is 0 Å². The van der Waals surface area contributed by atoms with E-state index < -0.39 is 0 Å². The van der Waals surface area contributed by atoms with Gasteiger partial charge in [0, 0.05) is 17.3 Å². The summed E-state index contributed by atoms with van der Waals surface area (Å²) in [6.07, 6.45) is 7.26. The monoisotopic (exact) mass is 258 g/mol. The van der Waals surface area contributed by atoms with E-state index >= 15 is 0 Å². The van der Waals surface area contributed by atoms with E-state index in [0.29, 0.717) is 11.3 Å². The first kappa shape index (κ1) is 14.8. The SMILES string of the molecule is CSC1CCCCC1NC(C)C(=O)NC(C)C. The molecule has 3 atom stereocenters. The maximum Gasteiger partial charge on any atom is 0.237 e. The molecule has 0 bridgehead atoms. The van der Waals surface area contributed by atoms with Crippen molar-refractivity contribution < 1.29 is 4.79 Å². The summed E-state index contributed by atoms with van der Waals surface area (Å²) >= 11 is 1.93. The third kappa shape index (κ3) is 4.88. The highest BCUT2D eigenvalue weighted by Crippen LogP contribution is 2.27. The van der Waals surface area contributed by atoms with Gasteiger partial charge in [0.1, 0.15) is 0 Å². The molecule has 2 N–H and O–H groups in total. The summed E-state index contributed by atoms with van der Waals surface area (Å²) in [5, 5.41) is 7.11. The minimum atomic E-state index is -0.0878. The second-order valence-electron chi connectivity index (χ2n) is 5.22. The third-order valence-corrected chi connectivity index (χ3v) is 4.46. The predicted molar refractivity (Wildman–Crippen MR) is 75.4 cm³/mol.